The summed E-state index contributed by atoms with van der Waals surface area (Å²) in [6.07, 6.45) is 3.63. The SMILES string of the molecule is Cl.Cl.NC1CCCC(C(=O)Nc2ccc(F)c(NC(=O)CCN3CCOCC3)c2)C1. The van der Waals surface area contributed by atoms with Crippen molar-refractivity contribution in [1.29, 1.82) is 0 Å². The standard InChI is InChI=1S/C20H29FN4O3.2ClH/c21-17-5-4-16(23-20(27)14-2-1-3-15(22)12-14)13-18(17)24-19(26)6-7-25-8-10-28-11-9-25;;/h4-5,13-15H,1-3,6-12,22H2,(H,23,27)(H,24,26);2*1H. The lowest BCUT2D eigenvalue weighted by molar-refractivity contribution is -0.121. The summed E-state index contributed by atoms with van der Waals surface area (Å²) in [4.78, 5) is 26.8. The number of benzene rings is 1. The minimum atomic E-state index is -0.530. The van der Waals surface area contributed by atoms with Crippen LogP contribution >= 0.6 is 24.8 Å². The fourth-order valence-corrected chi connectivity index (χ4v) is 3.71. The Morgan fingerprint density at radius 1 is 1.17 bits per heavy atom. The molecule has 10 heteroatoms. The Morgan fingerprint density at radius 2 is 1.90 bits per heavy atom. The van der Waals surface area contributed by atoms with Crippen LogP contribution in [0.15, 0.2) is 18.2 Å². The summed E-state index contributed by atoms with van der Waals surface area (Å²) in [6, 6.07) is 4.26. The number of nitrogens with zero attached hydrogens (tertiary/aromatic N) is 1. The first kappa shape index (κ1) is 26.6. The van der Waals surface area contributed by atoms with E-state index >= 15 is 0 Å². The van der Waals surface area contributed by atoms with Gasteiger partial charge in [0, 0.05) is 43.7 Å². The maximum atomic E-state index is 14.1. The normalized spacial score (nSPS) is 21.7. The molecular formula is C20H31Cl2FN4O3. The smallest absolute Gasteiger partial charge is 0.227 e. The van der Waals surface area contributed by atoms with Crippen LogP contribution in [0.25, 0.3) is 0 Å². The molecular weight excluding hydrogens is 434 g/mol. The van der Waals surface area contributed by atoms with Gasteiger partial charge in [-0.3, -0.25) is 14.5 Å². The number of anilines is 2. The second kappa shape index (κ2) is 13.1. The molecule has 4 N–H and O–H groups in total. The van der Waals surface area contributed by atoms with Gasteiger partial charge < -0.3 is 21.1 Å². The average molecular weight is 465 g/mol. The van der Waals surface area contributed by atoms with Gasteiger partial charge in [-0.05, 0) is 37.5 Å². The van der Waals surface area contributed by atoms with E-state index in [1.165, 1.54) is 18.2 Å². The minimum Gasteiger partial charge on any atom is -0.379 e. The lowest BCUT2D eigenvalue weighted by Gasteiger charge is -2.26. The fraction of sp³-hybridized carbons (Fsp3) is 0.600. The Morgan fingerprint density at radius 3 is 2.60 bits per heavy atom. The molecule has 2 atom stereocenters. The summed E-state index contributed by atoms with van der Waals surface area (Å²) in [5.74, 6) is -1.02. The highest BCUT2D eigenvalue weighted by Gasteiger charge is 2.25. The van der Waals surface area contributed by atoms with Gasteiger partial charge >= 0.3 is 0 Å². The highest BCUT2D eigenvalue weighted by atomic mass is 35.5. The average Bonchev–Trinajstić information content (AvgIpc) is 2.70. The molecule has 1 aromatic rings. The van der Waals surface area contributed by atoms with Gasteiger partial charge in [-0.2, -0.15) is 0 Å². The van der Waals surface area contributed by atoms with E-state index in [1.54, 1.807) is 0 Å². The molecule has 0 bridgehead atoms. The van der Waals surface area contributed by atoms with Crippen molar-refractivity contribution < 1.29 is 18.7 Å². The summed E-state index contributed by atoms with van der Waals surface area (Å²) >= 11 is 0. The maximum absolute atomic E-state index is 14.1. The molecule has 0 aromatic heterocycles. The van der Waals surface area contributed by atoms with Crippen molar-refractivity contribution in [2.24, 2.45) is 11.7 Å². The molecule has 0 spiro atoms. The van der Waals surface area contributed by atoms with Crippen molar-refractivity contribution in [1.82, 2.24) is 4.90 Å². The zero-order valence-corrected chi connectivity index (χ0v) is 18.5. The number of carbonyl (C=O) groups excluding carboxylic acids is 2. The van der Waals surface area contributed by atoms with Crippen LogP contribution in [-0.4, -0.2) is 55.6 Å². The summed E-state index contributed by atoms with van der Waals surface area (Å²) < 4.78 is 19.4. The Balaban J connectivity index is 0.00000225. The first-order chi connectivity index (χ1) is 13.5. The van der Waals surface area contributed by atoms with E-state index in [0.717, 1.165) is 32.4 Å². The van der Waals surface area contributed by atoms with Crippen LogP contribution in [0.2, 0.25) is 0 Å². The second-order valence-corrected chi connectivity index (χ2v) is 7.56. The van der Waals surface area contributed by atoms with Crippen LogP contribution in [0.4, 0.5) is 15.8 Å². The van der Waals surface area contributed by atoms with Gasteiger partial charge in [-0.25, -0.2) is 4.39 Å². The third kappa shape index (κ3) is 8.00. The molecule has 1 saturated heterocycles. The molecule has 1 aromatic carbocycles. The molecule has 2 amide bonds. The molecule has 0 radical (unpaired) electrons. The van der Waals surface area contributed by atoms with E-state index in [2.05, 4.69) is 15.5 Å². The van der Waals surface area contributed by atoms with Crippen LogP contribution < -0.4 is 16.4 Å². The van der Waals surface area contributed by atoms with Crippen LogP contribution in [-0.2, 0) is 14.3 Å². The molecule has 1 heterocycles. The summed E-state index contributed by atoms with van der Waals surface area (Å²) in [7, 11) is 0. The lowest BCUT2D eigenvalue weighted by atomic mass is 9.85. The van der Waals surface area contributed by atoms with Gasteiger partial charge in [-0.1, -0.05) is 6.42 Å². The van der Waals surface area contributed by atoms with E-state index in [0.29, 0.717) is 31.9 Å². The first-order valence-electron chi connectivity index (χ1n) is 9.97. The van der Waals surface area contributed by atoms with Crippen molar-refractivity contribution in [2.75, 3.05) is 43.5 Å². The topological polar surface area (TPSA) is 96.7 Å². The molecule has 30 heavy (non-hydrogen) atoms. The number of nitrogens with one attached hydrogen (secondary N) is 2. The predicted molar refractivity (Wildman–Crippen MR) is 120 cm³/mol. The Hall–Kier alpha value is -1.45. The largest absolute Gasteiger partial charge is 0.379 e. The van der Waals surface area contributed by atoms with Crippen molar-refractivity contribution >= 4 is 48.0 Å². The monoisotopic (exact) mass is 464 g/mol. The predicted octanol–water partition coefficient (Wildman–Crippen LogP) is 2.79. The maximum Gasteiger partial charge on any atom is 0.227 e. The number of hydrogen-bond donors (Lipinski definition) is 3. The number of morpholine rings is 1. The van der Waals surface area contributed by atoms with Crippen LogP contribution in [0.3, 0.4) is 0 Å². The summed E-state index contributed by atoms with van der Waals surface area (Å²) in [6.45, 7) is 3.55. The molecule has 1 aliphatic heterocycles. The van der Waals surface area contributed by atoms with Crippen LogP contribution in [0, 0.1) is 11.7 Å². The molecule has 7 nitrogen and oxygen atoms in total. The highest BCUT2D eigenvalue weighted by Crippen LogP contribution is 2.26. The number of carbonyl (C=O) groups is 2. The Bertz CT molecular complexity index is 705. The van der Waals surface area contributed by atoms with E-state index in [4.69, 9.17) is 10.5 Å². The highest BCUT2D eigenvalue weighted by molar-refractivity contribution is 5.95. The number of hydrogen-bond acceptors (Lipinski definition) is 5. The lowest BCUT2D eigenvalue weighted by Crippen LogP contribution is -2.38. The Labute approximate surface area is 189 Å². The van der Waals surface area contributed by atoms with Crippen molar-refractivity contribution in [2.45, 2.75) is 38.1 Å². The molecule has 2 fully saturated rings. The van der Waals surface area contributed by atoms with Crippen molar-refractivity contribution in [3.8, 4) is 0 Å². The zero-order valence-electron chi connectivity index (χ0n) is 16.9. The van der Waals surface area contributed by atoms with Gasteiger partial charge in [0.2, 0.25) is 11.8 Å². The van der Waals surface area contributed by atoms with E-state index in [1.807, 2.05) is 0 Å². The summed E-state index contributed by atoms with van der Waals surface area (Å²) in [5, 5.41) is 5.43. The second-order valence-electron chi connectivity index (χ2n) is 7.56. The Kier molecular flexibility index (Phi) is 11.6. The minimum absolute atomic E-state index is 0. The molecule has 2 unspecified atom stereocenters. The third-order valence-corrected chi connectivity index (χ3v) is 5.35. The molecule has 3 rings (SSSR count). The van der Waals surface area contributed by atoms with E-state index in [9.17, 15) is 14.0 Å². The van der Waals surface area contributed by atoms with Crippen molar-refractivity contribution in [3.63, 3.8) is 0 Å². The fourth-order valence-electron chi connectivity index (χ4n) is 3.71. The van der Waals surface area contributed by atoms with Gasteiger partial charge in [0.15, 0.2) is 0 Å². The van der Waals surface area contributed by atoms with Gasteiger partial charge in [0.25, 0.3) is 0 Å². The number of halogens is 3. The van der Waals surface area contributed by atoms with Crippen LogP contribution in [0.5, 0.6) is 0 Å². The zero-order chi connectivity index (χ0) is 19.9. The van der Waals surface area contributed by atoms with E-state index in [-0.39, 0.29) is 60.7 Å². The molecule has 2 aliphatic rings. The van der Waals surface area contributed by atoms with Gasteiger partial charge in [0.05, 0.1) is 18.9 Å². The van der Waals surface area contributed by atoms with Crippen molar-refractivity contribution in [3.05, 3.63) is 24.0 Å². The van der Waals surface area contributed by atoms with E-state index < -0.39 is 5.82 Å². The molecule has 1 saturated carbocycles. The van der Waals surface area contributed by atoms with Gasteiger partial charge in [-0.15, -0.1) is 24.8 Å². The van der Waals surface area contributed by atoms with Crippen LogP contribution in [0.1, 0.15) is 32.1 Å². The summed E-state index contributed by atoms with van der Waals surface area (Å²) in [5.41, 5.74) is 6.49. The third-order valence-electron chi connectivity index (χ3n) is 5.35. The molecule has 170 valence electrons. The number of amides is 2. The number of rotatable bonds is 6. The first-order valence-corrected chi connectivity index (χ1v) is 9.97. The van der Waals surface area contributed by atoms with Gasteiger partial charge in [0.1, 0.15) is 5.82 Å². The number of ether oxygens (including phenoxy) is 1. The quantitative estimate of drug-likeness (QED) is 0.601. The number of nitrogens with two attached hydrogens (primary N) is 1. The molecule has 1 aliphatic carbocycles.